The molecular weight excluding hydrogens is 367 g/mol. The number of guanidine groups is 1. The summed E-state index contributed by atoms with van der Waals surface area (Å²) in [6.07, 6.45) is 2.68. The van der Waals surface area contributed by atoms with Crippen molar-refractivity contribution < 1.29 is 0 Å². The fourth-order valence-electron chi connectivity index (χ4n) is 1.64. The average Bonchev–Trinajstić information content (AvgIpc) is 2.80. The van der Waals surface area contributed by atoms with Gasteiger partial charge in [-0.1, -0.05) is 18.2 Å². The molecule has 2 aromatic heterocycles. The van der Waals surface area contributed by atoms with Crippen molar-refractivity contribution in [2.75, 3.05) is 13.1 Å². The fourth-order valence-corrected chi connectivity index (χ4v) is 1.64. The number of rotatable bonds is 5. The highest BCUT2D eigenvalue weighted by atomic mass is 127. The number of aliphatic imine (C=N–C) groups is 1. The van der Waals surface area contributed by atoms with Gasteiger partial charge in [-0.15, -0.1) is 34.2 Å². The lowest BCUT2D eigenvalue weighted by molar-refractivity contribution is 0.789. The minimum Gasteiger partial charge on any atom is -0.370 e. The molecule has 0 spiro atoms. The van der Waals surface area contributed by atoms with E-state index in [1.54, 1.807) is 0 Å². The molecule has 0 aliphatic heterocycles. The van der Waals surface area contributed by atoms with Crippen LogP contribution in [0.15, 0.2) is 41.5 Å². The number of halogens is 1. The van der Waals surface area contributed by atoms with Crippen LogP contribution in [0.1, 0.15) is 12.7 Å². The SMILES string of the molecule is C=C(C)CN=C(N)NCCc1nnc2ccccn12.I. The first kappa shape index (κ1) is 16.4. The summed E-state index contributed by atoms with van der Waals surface area (Å²) in [7, 11) is 0. The molecule has 0 aliphatic carbocycles. The van der Waals surface area contributed by atoms with E-state index in [1.165, 1.54) is 0 Å². The maximum atomic E-state index is 5.73. The minimum atomic E-state index is 0. The third-order valence-corrected chi connectivity index (χ3v) is 2.56. The van der Waals surface area contributed by atoms with E-state index in [4.69, 9.17) is 5.73 Å². The Labute approximate surface area is 135 Å². The highest BCUT2D eigenvalue weighted by molar-refractivity contribution is 14.0. The lowest BCUT2D eigenvalue weighted by atomic mass is 10.3. The Morgan fingerprint density at radius 2 is 2.25 bits per heavy atom. The first-order valence-electron chi connectivity index (χ1n) is 6.13. The molecule has 108 valence electrons. The zero-order valence-corrected chi connectivity index (χ0v) is 13.7. The Bertz CT molecular complexity index is 604. The van der Waals surface area contributed by atoms with Crippen molar-refractivity contribution in [1.29, 1.82) is 0 Å². The van der Waals surface area contributed by atoms with Crippen LogP contribution in [0.5, 0.6) is 0 Å². The van der Waals surface area contributed by atoms with Crippen molar-refractivity contribution in [2.24, 2.45) is 10.7 Å². The highest BCUT2D eigenvalue weighted by Crippen LogP contribution is 2.02. The van der Waals surface area contributed by atoms with E-state index in [-0.39, 0.29) is 24.0 Å². The van der Waals surface area contributed by atoms with Crippen LogP contribution in [0.3, 0.4) is 0 Å². The molecule has 0 fully saturated rings. The summed E-state index contributed by atoms with van der Waals surface area (Å²) in [5.74, 6) is 1.33. The van der Waals surface area contributed by atoms with E-state index in [1.807, 2.05) is 35.7 Å². The molecule has 0 saturated heterocycles. The van der Waals surface area contributed by atoms with Gasteiger partial charge >= 0.3 is 0 Å². The number of pyridine rings is 1. The average molecular weight is 386 g/mol. The first-order valence-corrected chi connectivity index (χ1v) is 6.13. The van der Waals surface area contributed by atoms with Crippen LogP contribution in [0.4, 0.5) is 0 Å². The Hall–Kier alpha value is -1.64. The van der Waals surface area contributed by atoms with Crippen LogP contribution < -0.4 is 11.1 Å². The largest absolute Gasteiger partial charge is 0.370 e. The molecule has 2 aromatic rings. The molecule has 2 heterocycles. The molecule has 0 saturated carbocycles. The van der Waals surface area contributed by atoms with Crippen LogP contribution in [-0.2, 0) is 6.42 Å². The lowest BCUT2D eigenvalue weighted by Gasteiger charge is -2.04. The van der Waals surface area contributed by atoms with Gasteiger partial charge in [0.15, 0.2) is 11.6 Å². The van der Waals surface area contributed by atoms with E-state index in [2.05, 4.69) is 27.1 Å². The van der Waals surface area contributed by atoms with E-state index < -0.39 is 0 Å². The van der Waals surface area contributed by atoms with Gasteiger partial charge in [0.05, 0.1) is 6.54 Å². The third kappa shape index (κ3) is 4.48. The van der Waals surface area contributed by atoms with Crippen LogP contribution in [0.2, 0.25) is 0 Å². The van der Waals surface area contributed by atoms with E-state index in [0.717, 1.165) is 23.5 Å². The molecule has 2 rings (SSSR count). The molecule has 20 heavy (non-hydrogen) atoms. The monoisotopic (exact) mass is 386 g/mol. The maximum Gasteiger partial charge on any atom is 0.188 e. The third-order valence-electron chi connectivity index (χ3n) is 2.56. The molecule has 6 nitrogen and oxygen atoms in total. The zero-order chi connectivity index (χ0) is 13.7. The Balaban J connectivity index is 0.00000200. The highest BCUT2D eigenvalue weighted by Gasteiger charge is 2.03. The molecule has 0 bridgehead atoms. The first-order chi connectivity index (χ1) is 9.16. The summed E-state index contributed by atoms with van der Waals surface area (Å²) in [5, 5.41) is 11.3. The standard InChI is InChI=1S/C13H18N6.HI/c1-10(2)9-16-13(14)15-7-6-12-18-17-11-5-3-4-8-19(11)12;/h3-5,8H,1,6-7,9H2,2H3,(H3,14,15,16);1H. The summed E-state index contributed by atoms with van der Waals surface area (Å²) >= 11 is 0. The second-order valence-corrected chi connectivity index (χ2v) is 4.38. The Kier molecular flexibility index (Phi) is 6.43. The number of nitrogens with one attached hydrogen (secondary N) is 1. The molecule has 0 amide bonds. The Morgan fingerprint density at radius 1 is 1.45 bits per heavy atom. The quantitative estimate of drug-likeness (QED) is 0.352. The summed E-state index contributed by atoms with van der Waals surface area (Å²) in [5.41, 5.74) is 7.56. The maximum absolute atomic E-state index is 5.73. The van der Waals surface area contributed by atoms with Gasteiger partial charge in [-0.25, -0.2) is 4.99 Å². The number of fused-ring (bicyclic) bond motifs is 1. The van der Waals surface area contributed by atoms with E-state index in [0.29, 0.717) is 19.0 Å². The number of nitrogens with zero attached hydrogens (tertiary/aromatic N) is 4. The van der Waals surface area contributed by atoms with Gasteiger partial charge in [-0.3, -0.25) is 4.40 Å². The summed E-state index contributed by atoms with van der Waals surface area (Å²) in [6, 6.07) is 5.82. The minimum absolute atomic E-state index is 0. The lowest BCUT2D eigenvalue weighted by Crippen LogP contribution is -2.33. The topological polar surface area (TPSA) is 80.6 Å². The molecular formula is C13H19IN6. The van der Waals surface area contributed by atoms with Crippen molar-refractivity contribution >= 4 is 35.6 Å². The zero-order valence-electron chi connectivity index (χ0n) is 11.4. The molecule has 0 unspecified atom stereocenters. The van der Waals surface area contributed by atoms with Gasteiger partial charge in [-0.2, -0.15) is 0 Å². The van der Waals surface area contributed by atoms with Crippen molar-refractivity contribution in [1.82, 2.24) is 19.9 Å². The molecule has 7 heteroatoms. The van der Waals surface area contributed by atoms with Crippen molar-refractivity contribution in [3.05, 3.63) is 42.4 Å². The van der Waals surface area contributed by atoms with Crippen LogP contribution in [0, 0.1) is 0 Å². The number of aromatic nitrogens is 3. The van der Waals surface area contributed by atoms with Gasteiger partial charge in [0.25, 0.3) is 0 Å². The molecule has 3 N–H and O–H groups in total. The van der Waals surface area contributed by atoms with Crippen LogP contribution in [0.25, 0.3) is 5.65 Å². The summed E-state index contributed by atoms with van der Waals surface area (Å²) < 4.78 is 1.96. The van der Waals surface area contributed by atoms with Crippen molar-refractivity contribution in [2.45, 2.75) is 13.3 Å². The van der Waals surface area contributed by atoms with Gasteiger partial charge in [0.1, 0.15) is 5.82 Å². The molecule has 0 aromatic carbocycles. The van der Waals surface area contributed by atoms with Crippen LogP contribution >= 0.6 is 24.0 Å². The van der Waals surface area contributed by atoms with Crippen molar-refractivity contribution in [3.63, 3.8) is 0 Å². The van der Waals surface area contributed by atoms with Gasteiger partial charge in [0.2, 0.25) is 0 Å². The van der Waals surface area contributed by atoms with Crippen LogP contribution in [-0.4, -0.2) is 33.6 Å². The smallest absolute Gasteiger partial charge is 0.188 e. The predicted octanol–water partition coefficient (Wildman–Crippen LogP) is 1.37. The number of hydrogen-bond donors (Lipinski definition) is 2. The van der Waals surface area contributed by atoms with E-state index in [9.17, 15) is 0 Å². The molecule has 0 atom stereocenters. The number of nitrogens with two attached hydrogens (primary N) is 1. The predicted molar refractivity (Wildman–Crippen MR) is 91.4 cm³/mol. The van der Waals surface area contributed by atoms with Gasteiger partial charge in [0, 0.05) is 19.2 Å². The van der Waals surface area contributed by atoms with Crippen molar-refractivity contribution in [3.8, 4) is 0 Å². The fraction of sp³-hybridized carbons (Fsp3) is 0.308. The second-order valence-electron chi connectivity index (χ2n) is 4.38. The molecule has 0 radical (unpaired) electrons. The summed E-state index contributed by atoms with van der Waals surface area (Å²) in [4.78, 5) is 4.15. The normalized spacial score (nSPS) is 11.2. The number of hydrogen-bond acceptors (Lipinski definition) is 3. The van der Waals surface area contributed by atoms with E-state index >= 15 is 0 Å². The van der Waals surface area contributed by atoms with Gasteiger partial charge < -0.3 is 11.1 Å². The molecule has 0 aliphatic rings. The van der Waals surface area contributed by atoms with Gasteiger partial charge in [-0.05, 0) is 19.1 Å². The summed E-state index contributed by atoms with van der Waals surface area (Å²) in [6.45, 7) is 6.90. The Morgan fingerprint density at radius 3 is 3.00 bits per heavy atom. The second kappa shape index (κ2) is 7.83.